The highest BCUT2D eigenvalue weighted by Gasteiger charge is 1.99. The van der Waals surface area contributed by atoms with Gasteiger partial charge in [-0.3, -0.25) is 10.1 Å². The summed E-state index contributed by atoms with van der Waals surface area (Å²) in [6.45, 7) is 10.2. The molecular weight excluding hydrogens is 353 g/mol. The van der Waals surface area contributed by atoms with Gasteiger partial charge in [0.05, 0.1) is 6.20 Å². The molecule has 0 amide bonds. The minimum Gasteiger partial charge on any atom is -0.357 e. The first-order valence-corrected chi connectivity index (χ1v) is 6.39. The Morgan fingerprint density at radius 3 is 2.89 bits per heavy atom. The Morgan fingerprint density at radius 1 is 1.53 bits per heavy atom. The van der Waals surface area contributed by atoms with Crippen LogP contribution in [0.3, 0.4) is 0 Å². The lowest BCUT2D eigenvalue weighted by molar-refractivity contribution is 0.800. The van der Waals surface area contributed by atoms with E-state index in [0.717, 1.165) is 44.1 Å². The molecule has 5 nitrogen and oxygen atoms in total. The fraction of sp³-hybridized carbons (Fsp3) is 0.538. The van der Waals surface area contributed by atoms with Crippen molar-refractivity contribution in [1.82, 2.24) is 20.8 Å². The Kier molecular flexibility index (Phi) is 10.2. The van der Waals surface area contributed by atoms with Crippen LogP contribution in [0.25, 0.3) is 0 Å². The smallest absolute Gasteiger partial charge is 0.191 e. The van der Waals surface area contributed by atoms with Crippen LogP contribution >= 0.6 is 24.0 Å². The van der Waals surface area contributed by atoms with Crippen molar-refractivity contribution in [2.75, 3.05) is 19.6 Å². The highest BCUT2D eigenvalue weighted by atomic mass is 127. The molecule has 0 unspecified atom stereocenters. The zero-order valence-electron chi connectivity index (χ0n) is 11.7. The van der Waals surface area contributed by atoms with Gasteiger partial charge in [-0.25, -0.2) is 0 Å². The summed E-state index contributed by atoms with van der Waals surface area (Å²) < 4.78 is 0. The maximum absolute atomic E-state index is 4.50. The average Bonchev–Trinajstić information content (AvgIpc) is 2.77. The molecule has 1 aromatic heterocycles. The van der Waals surface area contributed by atoms with Gasteiger partial charge in [0.1, 0.15) is 0 Å². The number of rotatable bonds is 7. The lowest BCUT2D eigenvalue weighted by Gasteiger charge is -2.09. The number of guanidine groups is 1. The number of nitrogens with one attached hydrogen (secondary N) is 3. The van der Waals surface area contributed by atoms with Crippen LogP contribution in [0.2, 0.25) is 0 Å². The molecule has 6 heteroatoms. The van der Waals surface area contributed by atoms with E-state index in [9.17, 15) is 0 Å². The number of H-pyrrole nitrogens is 1. The van der Waals surface area contributed by atoms with Gasteiger partial charge < -0.3 is 10.6 Å². The summed E-state index contributed by atoms with van der Waals surface area (Å²) in [6.07, 6.45) is 5.74. The van der Waals surface area contributed by atoms with Crippen molar-refractivity contribution in [2.45, 2.75) is 26.7 Å². The number of nitrogens with zero attached hydrogens (tertiary/aromatic N) is 2. The van der Waals surface area contributed by atoms with E-state index in [1.54, 1.807) is 0 Å². The average molecular weight is 377 g/mol. The predicted molar refractivity (Wildman–Crippen MR) is 91.2 cm³/mol. The van der Waals surface area contributed by atoms with Gasteiger partial charge >= 0.3 is 0 Å². The van der Waals surface area contributed by atoms with Crippen LogP contribution < -0.4 is 10.6 Å². The third-order valence-corrected chi connectivity index (χ3v) is 2.57. The number of halogens is 1. The zero-order chi connectivity index (χ0) is 13.2. The Hall–Kier alpha value is -1.05. The summed E-state index contributed by atoms with van der Waals surface area (Å²) in [5.74, 6) is 0.848. The molecule has 1 rings (SSSR count). The summed E-state index contributed by atoms with van der Waals surface area (Å²) in [5.41, 5.74) is 2.42. The van der Waals surface area contributed by atoms with Crippen LogP contribution in [0.5, 0.6) is 0 Å². The molecule has 0 aliphatic carbocycles. The molecule has 1 heterocycles. The normalized spacial score (nSPS) is 10.7. The van der Waals surface area contributed by atoms with E-state index < -0.39 is 0 Å². The first-order chi connectivity index (χ1) is 8.77. The largest absolute Gasteiger partial charge is 0.357 e. The summed E-state index contributed by atoms with van der Waals surface area (Å²) in [5, 5.41) is 13.3. The van der Waals surface area contributed by atoms with Crippen LogP contribution in [0.4, 0.5) is 0 Å². The van der Waals surface area contributed by atoms with Crippen LogP contribution in [0.15, 0.2) is 23.8 Å². The van der Waals surface area contributed by atoms with Crippen molar-refractivity contribution >= 4 is 29.9 Å². The second-order valence-electron chi connectivity index (χ2n) is 4.05. The van der Waals surface area contributed by atoms with Gasteiger partial charge in [-0.2, -0.15) is 5.10 Å². The molecule has 0 atom stereocenters. The Bertz CT molecular complexity index is 386. The monoisotopic (exact) mass is 377 g/mol. The number of aryl methyl sites for hydroxylation is 2. The fourth-order valence-electron chi connectivity index (χ4n) is 1.60. The molecule has 3 N–H and O–H groups in total. The SMILES string of the molecule is C=CCNC(=NCCCc1cn[nH]c1C)NCC.I. The summed E-state index contributed by atoms with van der Waals surface area (Å²) in [6, 6.07) is 0. The van der Waals surface area contributed by atoms with Crippen molar-refractivity contribution in [2.24, 2.45) is 4.99 Å². The van der Waals surface area contributed by atoms with Gasteiger partial charge in [-0.1, -0.05) is 6.08 Å². The second kappa shape index (κ2) is 10.8. The predicted octanol–water partition coefficient (Wildman–Crippen LogP) is 2.01. The highest BCUT2D eigenvalue weighted by Crippen LogP contribution is 2.05. The van der Waals surface area contributed by atoms with E-state index in [0.29, 0.717) is 0 Å². The van der Waals surface area contributed by atoms with Crippen LogP contribution in [0.1, 0.15) is 24.6 Å². The third-order valence-electron chi connectivity index (χ3n) is 2.57. The maximum atomic E-state index is 4.50. The molecule has 0 fully saturated rings. The highest BCUT2D eigenvalue weighted by molar-refractivity contribution is 14.0. The molecule has 0 saturated carbocycles. The van der Waals surface area contributed by atoms with Crippen molar-refractivity contribution in [1.29, 1.82) is 0 Å². The van der Waals surface area contributed by atoms with E-state index >= 15 is 0 Å². The van der Waals surface area contributed by atoms with E-state index in [2.05, 4.69) is 39.3 Å². The van der Waals surface area contributed by atoms with Gasteiger partial charge in [0.25, 0.3) is 0 Å². The first-order valence-electron chi connectivity index (χ1n) is 6.39. The molecule has 0 aromatic carbocycles. The van der Waals surface area contributed by atoms with Gasteiger partial charge in [-0.15, -0.1) is 30.6 Å². The van der Waals surface area contributed by atoms with Crippen molar-refractivity contribution < 1.29 is 0 Å². The number of hydrogen-bond donors (Lipinski definition) is 3. The topological polar surface area (TPSA) is 65.1 Å². The minimum absolute atomic E-state index is 0. The number of hydrogen-bond acceptors (Lipinski definition) is 2. The van der Waals surface area contributed by atoms with Crippen molar-refractivity contribution in [3.8, 4) is 0 Å². The molecule has 0 radical (unpaired) electrons. The number of aromatic nitrogens is 2. The molecule has 0 spiro atoms. The molecule has 19 heavy (non-hydrogen) atoms. The van der Waals surface area contributed by atoms with E-state index in [1.807, 2.05) is 19.2 Å². The van der Waals surface area contributed by atoms with Crippen molar-refractivity contribution in [3.63, 3.8) is 0 Å². The van der Waals surface area contributed by atoms with Gasteiger partial charge in [0.2, 0.25) is 0 Å². The molecule has 0 bridgehead atoms. The van der Waals surface area contributed by atoms with E-state index in [-0.39, 0.29) is 24.0 Å². The molecule has 0 saturated heterocycles. The van der Waals surface area contributed by atoms with Crippen LogP contribution in [-0.2, 0) is 6.42 Å². The van der Waals surface area contributed by atoms with Gasteiger partial charge in [-0.05, 0) is 32.3 Å². The molecular formula is C13H24IN5. The second-order valence-corrected chi connectivity index (χ2v) is 4.05. The van der Waals surface area contributed by atoms with E-state index in [4.69, 9.17) is 0 Å². The number of aromatic amines is 1. The molecule has 0 aliphatic heterocycles. The van der Waals surface area contributed by atoms with Gasteiger partial charge in [0.15, 0.2) is 5.96 Å². The fourth-order valence-corrected chi connectivity index (χ4v) is 1.60. The van der Waals surface area contributed by atoms with Crippen LogP contribution in [0, 0.1) is 6.92 Å². The summed E-state index contributed by atoms with van der Waals surface area (Å²) in [4.78, 5) is 4.50. The Morgan fingerprint density at radius 2 is 2.32 bits per heavy atom. The first kappa shape index (κ1) is 17.9. The third kappa shape index (κ3) is 7.19. The standard InChI is InChI=1S/C13H23N5.HI/c1-4-8-15-13(14-5-2)16-9-6-7-12-10-17-18-11(12)3;/h4,10H,1,5-9H2,2-3H3,(H,17,18)(H2,14,15,16);1H. The van der Waals surface area contributed by atoms with E-state index in [1.165, 1.54) is 5.56 Å². The lowest BCUT2D eigenvalue weighted by atomic mass is 10.1. The number of aliphatic imine (C=N–C) groups is 1. The van der Waals surface area contributed by atoms with Crippen LogP contribution in [-0.4, -0.2) is 35.8 Å². The molecule has 0 aliphatic rings. The molecule has 108 valence electrons. The minimum atomic E-state index is 0. The summed E-state index contributed by atoms with van der Waals surface area (Å²) >= 11 is 0. The van der Waals surface area contributed by atoms with Crippen molar-refractivity contribution in [3.05, 3.63) is 30.1 Å². The zero-order valence-corrected chi connectivity index (χ0v) is 14.0. The molecule has 1 aromatic rings. The van der Waals surface area contributed by atoms with Gasteiger partial charge in [0, 0.05) is 25.3 Å². The summed E-state index contributed by atoms with van der Waals surface area (Å²) in [7, 11) is 0. The Labute approximate surface area is 132 Å². The maximum Gasteiger partial charge on any atom is 0.191 e. The Balaban J connectivity index is 0.00000324. The quantitative estimate of drug-likeness (QED) is 0.224. The lowest BCUT2D eigenvalue weighted by Crippen LogP contribution is -2.37.